The van der Waals surface area contributed by atoms with Crippen molar-refractivity contribution in [3.8, 4) is 0 Å². The van der Waals surface area contributed by atoms with Gasteiger partial charge in [-0.15, -0.1) is 19.7 Å². The highest BCUT2D eigenvalue weighted by Crippen LogP contribution is 2.31. The van der Waals surface area contributed by atoms with Crippen LogP contribution in [0.5, 0.6) is 0 Å². The first-order valence-corrected chi connectivity index (χ1v) is 14.1. The molecule has 0 amide bonds. The Labute approximate surface area is 277 Å². The lowest BCUT2D eigenvalue weighted by Crippen LogP contribution is -2.21. The molecule has 2 rings (SSSR count). The van der Waals surface area contributed by atoms with Crippen molar-refractivity contribution in [3.05, 3.63) is 144 Å². The summed E-state index contributed by atoms with van der Waals surface area (Å²) in [6.45, 7) is 20.9. The van der Waals surface area contributed by atoms with Gasteiger partial charge in [0.2, 0.25) is 0 Å². The van der Waals surface area contributed by atoms with Crippen LogP contribution in [0.3, 0.4) is 0 Å². The average Bonchev–Trinajstić information content (AvgIpc) is 3.04. The zero-order valence-electron chi connectivity index (χ0n) is 26.2. The molecule has 0 spiro atoms. The average molecular weight is 661 g/mol. The lowest BCUT2D eigenvalue weighted by atomic mass is 9.82. The summed E-state index contributed by atoms with van der Waals surface area (Å²) in [7, 11) is 0. The van der Waals surface area contributed by atoms with Gasteiger partial charge in [-0.25, -0.2) is 28.8 Å². The van der Waals surface area contributed by atoms with Gasteiger partial charge in [-0.1, -0.05) is 56.2 Å². The third kappa shape index (κ3) is 10.4. The van der Waals surface area contributed by atoms with Gasteiger partial charge < -0.3 is 29.5 Å². The molecule has 0 atom stereocenters. The van der Waals surface area contributed by atoms with E-state index in [4.69, 9.17) is 14.2 Å². The molecule has 0 aromatic heterocycles. The van der Waals surface area contributed by atoms with Crippen LogP contribution in [0.15, 0.2) is 94.1 Å². The molecule has 3 N–H and O–H groups in total. The smallest absolute Gasteiger partial charge is 0.339 e. The van der Waals surface area contributed by atoms with E-state index in [2.05, 4.69) is 39.5 Å². The number of rotatable bonds is 18. The van der Waals surface area contributed by atoms with Gasteiger partial charge in [0.25, 0.3) is 0 Å². The maximum atomic E-state index is 12.1. The quantitative estimate of drug-likeness (QED) is 0.101. The predicted molar refractivity (Wildman–Crippen MR) is 177 cm³/mol. The van der Waals surface area contributed by atoms with Gasteiger partial charge in [0, 0.05) is 0 Å². The lowest BCUT2D eigenvalue weighted by molar-refractivity contribution is 0.0500. The van der Waals surface area contributed by atoms with E-state index >= 15 is 0 Å². The molecule has 0 saturated carbocycles. The third-order valence-corrected chi connectivity index (χ3v) is 6.19. The number of allylic oxidation sites excluding steroid dienone is 3. The van der Waals surface area contributed by atoms with Gasteiger partial charge in [0.05, 0.1) is 33.4 Å². The number of hydrogen-bond acceptors (Lipinski definition) is 9. The fourth-order valence-electron chi connectivity index (χ4n) is 4.40. The topological polar surface area (TPSA) is 191 Å². The largest absolute Gasteiger partial charge is 0.478 e. The Morgan fingerprint density at radius 2 is 0.833 bits per heavy atom. The molecule has 0 unspecified atom stereocenters. The van der Waals surface area contributed by atoms with Crippen LogP contribution in [0.1, 0.15) is 78.8 Å². The molecule has 0 heterocycles. The molecule has 12 nitrogen and oxygen atoms in total. The molecule has 48 heavy (non-hydrogen) atoms. The van der Waals surface area contributed by atoms with Crippen LogP contribution in [0.25, 0.3) is 0 Å². The van der Waals surface area contributed by atoms with Gasteiger partial charge in [-0.05, 0) is 54.2 Å². The molecule has 0 aliphatic rings. The van der Waals surface area contributed by atoms with E-state index < -0.39 is 35.8 Å². The van der Waals surface area contributed by atoms with Crippen molar-refractivity contribution in [1.82, 2.24) is 0 Å². The summed E-state index contributed by atoms with van der Waals surface area (Å²) in [5.41, 5.74) is -0.892. The van der Waals surface area contributed by atoms with E-state index in [1.54, 1.807) is 0 Å². The number of carbonyl (C=O) groups is 6. The minimum Gasteiger partial charge on any atom is -0.478 e. The molecule has 0 aliphatic carbocycles. The van der Waals surface area contributed by atoms with Gasteiger partial charge in [-0.3, -0.25) is 0 Å². The second kappa shape index (κ2) is 20.0. The highest BCUT2D eigenvalue weighted by Gasteiger charge is 2.31. The molecule has 0 aliphatic heterocycles. The van der Waals surface area contributed by atoms with Crippen molar-refractivity contribution in [2.45, 2.75) is 19.3 Å². The highest BCUT2D eigenvalue weighted by atomic mass is 16.5. The minimum atomic E-state index is -1.39. The predicted octanol–water partition coefficient (Wildman–Crippen LogP) is 5.68. The van der Waals surface area contributed by atoms with Crippen molar-refractivity contribution in [1.29, 1.82) is 0 Å². The van der Waals surface area contributed by atoms with Crippen LogP contribution < -0.4 is 0 Å². The van der Waals surface area contributed by atoms with Crippen LogP contribution in [-0.4, -0.2) is 71.0 Å². The number of hydrogen-bond donors (Lipinski definition) is 3. The number of carboxylic acid groups (broad SMARTS) is 3. The fraction of sp³-hybridized carbons (Fsp3) is 0.167. The minimum absolute atomic E-state index is 0.0108. The summed E-state index contributed by atoms with van der Waals surface area (Å²) in [6.07, 6.45) is 8.28. The summed E-state index contributed by atoms with van der Waals surface area (Å²) in [5, 5.41) is 28.7. The first-order chi connectivity index (χ1) is 22.9. The monoisotopic (exact) mass is 660 g/mol. The van der Waals surface area contributed by atoms with Crippen molar-refractivity contribution in [3.63, 3.8) is 0 Å². The van der Waals surface area contributed by atoms with E-state index in [0.717, 1.165) is 0 Å². The number of ether oxygens (including phenoxy) is 3. The van der Waals surface area contributed by atoms with Crippen LogP contribution in [0.4, 0.5) is 0 Å². The van der Waals surface area contributed by atoms with Crippen LogP contribution in [-0.2, 0) is 33.5 Å². The Hall–Kier alpha value is -6.30. The van der Waals surface area contributed by atoms with Gasteiger partial charge >= 0.3 is 35.8 Å². The first kappa shape index (κ1) is 39.7. The van der Waals surface area contributed by atoms with Crippen LogP contribution in [0.2, 0.25) is 0 Å². The number of aromatic carboxylic acids is 3. The van der Waals surface area contributed by atoms with Gasteiger partial charge in [-0.2, -0.15) is 0 Å². The Morgan fingerprint density at radius 3 is 1.15 bits per heavy atom. The summed E-state index contributed by atoms with van der Waals surface area (Å²) in [4.78, 5) is 71.2. The van der Waals surface area contributed by atoms with E-state index in [9.17, 15) is 44.1 Å². The Morgan fingerprint density at radius 1 is 0.500 bits per heavy atom. The molecule has 0 saturated heterocycles. The SMILES string of the molecule is C=CCOC(=O)c1ccc(C(=O)OCC=C)c(C(=O)OCC=C)c1.C=CCc1c(C(=O)O)c(CC=C)c(C(=O)O)c(CC=C)c1C(=O)O. The molecule has 2 aromatic rings. The Bertz CT molecular complexity index is 1520. The number of esters is 3. The molecular weight excluding hydrogens is 624 g/mol. The molecule has 12 heteroatoms. The van der Waals surface area contributed by atoms with Crippen molar-refractivity contribution in [2.24, 2.45) is 0 Å². The van der Waals surface area contributed by atoms with Crippen molar-refractivity contribution >= 4 is 35.8 Å². The molecule has 0 fully saturated rings. The molecular formula is C36H36O12. The standard InChI is InChI=1S/2C18H18O6/c1-4-9-22-16(19)13-7-8-14(17(20)23-10-5-2)15(12-13)18(21)24-11-6-3;1-4-7-10-13(16(19)20)11(8-5-2)15(18(23)24)12(9-6-3)14(10)17(21)22/h4-8,12H,1-3,9-11H2;4-6H,1-3,7-9H2,(H,19,20)(H,21,22)(H,23,24). The maximum Gasteiger partial charge on any atom is 0.339 e. The molecule has 252 valence electrons. The zero-order valence-corrected chi connectivity index (χ0v) is 26.2. The summed E-state index contributed by atoms with van der Waals surface area (Å²) in [5.74, 6) is -6.33. The molecule has 2 aromatic carbocycles. The van der Waals surface area contributed by atoms with E-state index in [-0.39, 0.29) is 89.2 Å². The Balaban J connectivity index is 0.000000480. The summed E-state index contributed by atoms with van der Waals surface area (Å²) < 4.78 is 14.8. The van der Waals surface area contributed by atoms with Crippen LogP contribution >= 0.6 is 0 Å². The molecule has 0 bridgehead atoms. The van der Waals surface area contributed by atoms with E-state index in [1.807, 2.05) is 0 Å². The molecule has 0 radical (unpaired) electrons. The normalized spacial score (nSPS) is 9.75. The summed E-state index contributed by atoms with van der Waals surface area (Å²) in [6, 6.07) is 3.89. The van der Waals surface area contributed by atoms with Crippen molar-refractivity contribution < 1.29 is 58.3 Å². The van der Waals surface area contributed by atoms with Gasteiger partial charge in [0.1, 0.15) is 19.8 Å². The summed E-state index contributed by atoms with van der Waals surface area (Å²) >= 11 is 0. The van der Waals surface area contributed by atoms with Gasteiger partial charge in [0.15, 0.2) is 0 Å². The van der Waals surface area contributed by atoms with Crippen LogP contribution in [0, 0.1) is 0 Å². The zero-order chi connectivity index (χ0) is 36.4. The lowest BCUT2D eigenvalue weighted by Gasteiger charge is -2.20. The fourth-order valence-corrected chi connectivity index (χ4v) is 4.40. The number of carbonyl (C=O) groups excluding carboxylic acids is 3. The maximum absolute atomic E-state index is 12.1. The van der Waals surface area contributed by atoms with E-state index in [1.165, 1.54) is 54.7 Å². The highest BCUT2D eigenvalue weighted by molar-refractivity contribution is 6.06. The van der Waals surface area contributed by atoms with E-state index in [0.29, 0.717) is 0 Å². The number of carboxylic acids is 3. The second-order valence-electron chi connectivity index (χ2n) is 9.38. The number of benzene rings is 2. The first-order valence-electron chi connectivity index (χ1n) is 14.1. The van der Waals surface area contributed by atoms with Crippen molar-refractivity contribution in [2.75, 3.05) is 19.8 Å². The third-order valence-electron chi connectivity index (χ3n) is 6.19. The second-order valence-corrected chi connectivity index (χ2v) is 9.38. The Kier molecular flexibility index (Phi) is 16.5.